The Labute approximate surface area is 132 Å². The summed E-state index contributed by atoms with van der Waals surface area (Å²) in [5.41, 5.74) is 1.19. The van der Waals surface area contributed by atoms with E-state index in [9.17, 15) is 9.59 Å². The number of carboxylic acid groups (broad SMARTS) is 1. The van der Waals surface area contributed by atoms with Crippen molar-refractivity contribution in [2.24, 2.45) is 11.8 Å². The average Bonchev–Trinajstić information content (AvgIpc) is 3.11. The van der Waals surface area contributed by atoms with Crippen molar-refractivity contribution in [3.05, 3.63) is 34.3 Å². The van der Waals surface area contributed by atoms with Gasteiger partial charge in [-0.05, 0) is 49.3 Å². The smallest absolute Gasteiger partial charge is 0.306 e. The highest BCUT2D eigenvalue weighted by molar-refractivity contribution is 9.10. The molecule has 21 heavy (non-hydrogen) atoms. The van der Waals surface area contributed by atoms with Crippen molar-refractivity contribution in [2.45, 2.75) is 37.6 Å². The number of halogens is 1. The summed E-state index contributed by atoms with van der Waals surface area (Å²) in [6, 6.07) is 8.11. The fourth-order valence-electron chi connectivity index (χ4n) is 3.24. The van der Waals surface area contributed by atoms with Gasteiger partial charge in [0.2, 0.25) is 5.91 Å². The molecule has 2 N–H and O–H groups in total. The van der Waals surface area contributed by atoms with Crippen LogP contribution >= 0.6 is 15.9 Å². The number of benzene rings is 1. The Balaban J connectivity index is 1.53. The van der Waals surface area contributed by atoms with E-state index in [1.54, 1.807) is 0 Å². The third-order valence-electron chi connectivity index (χ3n) is 4.53. The SMILES string of the molecule is O=C(N[C@H]1CC[C@@H](C(=O)O)C1)C1CC1c1cccc(Br)c1. The van der Waals surface area contributed by atoms with Crippen molar-refractivity contribution in [3.63, 3.8) is 0 Å². The Bertz CT molecular complexity index is 574. The second kappa shape index (κ2) is 5.79. The average molecular weight is 352 g/mol. The number of nitrogens with one attached hydrogen (secondary N) is 1. The number of aliphatic carboxylic acids is 1. The van der Waals surface area contributed by atoms with Crippen molar-refractivity contribution >= 4 is 27.8 Å². The molecule has 0 bridgehead atoms. The Morgan fingerprint density at radius 2 is 2.05 bits per heavy atom. The van der Waals surface area contributed by atoms with Crippen molar-refractivity contribution in [3.8, 4) is 0 Å². The van der Waals surface area contributed by atoms with Gasteiger partial charge in [-0.2, -0.15) is 0 Å². The summed E-state index contributed by atoms with van der Waals surface area (Å²) in [6.45, 7) is 0. The van der Waals surface area contributed by atoms with Crippen LogP contribution in [0.2, 0.25) is 0 Å². The lowest BCUT2D eigenvalue weighted by Crippen LogP contribution is -2.34. The van der Waals surface area contributed by atoms with Crippen LogP contribution in [0.5, 0.6) is 0 Å². The first kappa shape index (κ1) is 14.6. The molecule has 1 amide bonds. The topological polar surface area (TPSA) is 66.4 Å². The molecule has 2 fully saturated rings. The van der Waals surface area contributed by atoms with Crippen molar-refractivity contribution in [1.82, 2.24) is 5.32 Å². The summed E-state index contributed by atoms with van der Waals surface area (Å²) >= 11 is 3.45. The van der Waals surface area contributed by atoms with Gasteiger partial charge >= 0.3 is 5.97 Å². The van der Waals surface area contributed by atoms with E-state index >= 15 is 0 Å². The Morgan fingerprint density at radius 1 is 1.24 bits per heavy atom. The van der Waals surface area contributed by atoms with Crippen LogP contribution in [-0.2, 0) is 9.59 Å². The molecule has 5 heteroatoms. The molecular weight excluding hydrogens is 334 g/mol. The zero-order chi connectivity index (χ0) is 15.0. The molecule has 0 radical (unpaired) electrons. The van der Waals surface area contributed by atoms with Crippen LogP contribution in [0.1, 0.15) is 37.2 Å². The minimum absolute atomic E-state index is 0.0300. The second-order valence-corrected chi connectivity index (χ2v) is 6.97. The lowest BCUT2D eigenvalue weighted by molar-refractivity contribution is -0.141. The first-order chi connectivity index (χ1) is 10.0. The van der Waals surface area contributed by atoms with Gasteiger partial charge in [-0.1, -0.05) is 28.1 Å². The standard InChI is InChI=1S/C16H18BrNO3/c17-11-3-1-2-9(6-11)13-8-14(13)15(19)18-12-5-4-10(7-12)16(20)21/h1-3,6,10,12-14H,4-5,7-8H2,(H,18,19)(H,20,21)/t10-,12+,13?,14?/m1/s1. The molecule has 2 unspecified atom stereocenters. The summed E-state index contributed by atoms with van der Waals surface area (Å²) in [5, 5.41) is 12.0. The summed E-state index contributed by atoms with van der Waals surface area (Å²) in [6.07, 6.45) is 2.89. The number of hydrogen-bond acceptors (Lipinski definition) is 2. The molecule has 3 rings (SSSR count). The van der Waals surface area contributed by atoms with Crippen LogP contribution in [0, 0.1) is 11.8 Å². The van der Waals surface area contributed by atoms with Gasteiger partial charge in [0.25, 0.3) is 0 Å². The number of carbonyl (C=O) groups excluding carboxylic acids is 1. The van der Waals surface area contributed by atoms with Crippen molar-refractivity contribution < 1.29 is 14.7 Å². The highest BCUT2D eigenvalue weighted by Gasteiger charge is 2.45. The summed E-state index contributed by atoms with van der Waals surface area (Å²) < 4.78 is 1.03. The summed E-state index contributed by atoms with van der Waals surface area (Å²) in [7, 11) is 0. The Kier molecular flexibility index (Phi) is 4.02. The van der Waals surface area contributed by atoms with Gasteiger partial charge in [0, 0.05) is 16.4 Å². The lowest BCUT2D eigenvalue weighted by Gasteiger charge is -2.12. The minimum atomic E-state index is -0.745. The van der Waals surface area contributed by atoms with E-state index in [0.717, 1.165) is 17.3 Å². The molecule has 1 aromatic carbocycles. The van der Waals surface area contributed by atoms with E-state index < -0.39 is 5.97 Å². The summed E-state index contributed by atoms with van der Waals surface area (Å²) in [5.74, 6) is -0.612. The minimum Gasteiger partial charge on any atom is -0.481 e. The molecule has 0 spiro atoms. The van der Waals surface area contributed by atoms with Crippen LogP contribution in [0.3, 0.4) is 0 Å². The molecule has 4 nitrogen and oxygen atoms in total. The molecular formula is C16H18BrNO3. The molecule has 112 valence electrons. The maximum absolute atomic E-state index is 12.2. The van der Waals surface area contributed by atoms with E-state index in [4.69, 9.17) is 5.11 Å². The first-order valence-corrected chi connectivity index (χ1v) is 8.12. The van der Waals surface area contributed by atoms with Gasteiger partial charge in [-0.3, -0.25) is 9.59 Å². The van der Waals surface area contributed by atoms with E-state index in [1.807, 2.05) is 12.1 Å². The van der Waals surface area contributed by atoms with Crippen molar-refractivity contribution in [1.29, 1.82) is 0 Å². The van der Waals surface area contributed by atoms with Crippen LogP contribution in [0.15, 0.2) is 28.7 Å². The van der Waals surface area contributed by atoms with E-state index in [0.29, 0.717) is 18.8 Å². The number of rotatable bonds is 4. The van der Waals surface area contributed by atoms with Crippen molar-refractivity contribution in [2.75, 3.05) is 0 Å². The monoisotopic (exact) mass is 351 g/mol. The van der Waals surface area contributed by atoms with E-state index in [2.05, 4.69) is 33.4 Å². The van der Waals surface area contributed by atoms with Gasteiger partial charge in [-0.15, -0.1) is 0 Å². The highest BCUT2D eigenvalue weighted by Crippen LogP contribution is 2.48. The zero-order valence-corrected chi connectivity index (χ0v) is 13.2. The first-order valence-electron chi connectivity index (χ1n) is 7.33. The quantitative estimate of drug-likeness (QED) is 0.876. The van der Waals surface area contributed by atoms with Gasteiger partial charge in [-0.25, -0.2) is 0 Å². The molecule has 0 saturated heterocycles. The number of carbonyl (C=O) groups is 2. The summed E-state index contributed by atoms with van der Waals surface area (Å²) in [4.78, 5) is 23.2. The van der Waals surface area contributed by atoms with Gasteiger partial charge in [0.1, 0.15) is 0 Å². The second-order valence-electron chi connectivity index (χ2n) is 6.06. The number of amides is 1. The Hall–Kier alpha value is -1.36. The normalized spacial score (nSPS) is 30.9. The molecule has 4 atom stereocenters. The molecule has 0 aliphatic heterocycles. The predicted octanol–water partition coefficient (Wildman–Crippen LogP) is 2.92. The number of carboxylic acids is 1. The molecule has 1 aromatic rings. The van der Waals surface area contributed by atoms with E-state index in [-0.39, 0.29) is 23.8 Å². The largest absolute Gasteiger partial charge is 0.481 e. The van der Waals surface area contributed by atoms with Gasteiger partial charge in [0.15, 0.2) is 0 Å². The van der Waals surface area contributed by atoms with Crippen LogP contribution in [-0.4, -0.2) is 23.0 Å². The van der Waals surface area contributed by atoms with E-state index in [1.165, 1.54) is 5.56 Å². The highest BCUT2D eigenvalue weighted by atomic mass is 79.9. The molecule has 0 aromatic heterocycles. The fourth-order valence-corrected chi connectivity index (χ4v) is 3.65. The lowest BCUT2D eigenvalue weighted by atomic mass is 10.1. The third-order valence-corrected chi connectivity index (χ3v) is 5.03. The predicted molar refractivity (Wildman–Crippen MR) is 81.9 cm³/mol. The van der Waals surface area contributed by atoms with Crippen LogP contribution < -0.4 is 5.32 Å². The Morgan fingerprint density at radius 3 is 2.71 bits per heavy atom. The molecule has 0 heterocycles. The van der Waals surface area contributed by atoms with Gasteiger partial charge < -0.3 is 10.4 Å². The maximum atomic E-state index is 12.2. The van der Waals surface area contributed by atoms with Gasteiger partial charge in [0.05, 0.1) is 5.92 Å². The third kappa shape index (κ3) is 3.28. The molecule has 2 aliphatic rings. The number of hydrogen-bond donors (Lipinski definition) is 2. The molecule has 2 aliphatic carbocycles. The van der Waals surface area contributed by atoms with Crippen LogP contribution in [0.25, 0.3) is 0 Å². The van der Waals surface area contributed by atoms with Crippen LogP contribution in [0.4, 0.5) is 0 Å². The molecule has 2 saturated carbocycles. The zero-order valence-electron chi connectivity index (χ0n) is 11.6. The fraction of sp³-hybridized carbons (Fsp3) is 0.500. The maximum Gasteiger partial charge on any atom is 0.306 e.